The first-order valence-corrected chi connectivity index (χ1v) is 15.1. The van der Waals surface area contributed by atoms with Gasteiger partial charge in [0.05, 0.1) is 41.1 Å². The van der Waals surface area contributed by atoms with Gasteiger partial charge in [-0.15, -0.1) is 0 Å². The minimum Gasteiger partial charge on any atom is -0.497 e. The fourth-order valence-electron chi connectivity index (χ4n) is 4.97. The van der Waals surface area contributed by atoms with Crippen LogP contribution in [0.25, 0.3) is 6.08 Å². The van der Waals surface area contributed by atoms with Gasteiger partial charge in [-0.05, 0) is 72.5 Å². The molecule has 226 valence electrons. The quantitative estimate of drug-likeness (QED) is 0.241. The molecule has 0 bridgehead atoms. The smallest absolute Gasteiger partial charge is 0.338 e. The molecule has 0 unspecified atom stereocenters. The highest BCUT2D eigenvalue weighted by Gasteiger charge is 2.34. The molecular weight excluding hydrogens is 580 g/mol. The molecule has 0 amide bonds. The number of rotatable bonds is 11. The predicted molar refractivity (Wildman–Crippen MR) is 167 cm³/mol. The summed E-state index contributed by atoms with van der Waals surface area (Å²) >= 11 is 1.27. The summed E-state index contributed by atoms with van der Waals surface area (Å²) in [6, 6.07) is 20.5. The Morgan fingerprint density at radius 1 is 1.02 bits per heavy atom. The minimum absolute atomic E-state index is 0.202. The molecule has 0 fully saturated rings. The Labute approximate surface area is 258 Å². The Balaban J connectivity index is 1.49. The highest BCUT2D eigenvalue weighted by molar-refractivity contribution is 7.07. The highest BCUT2D eigenvalue weighted by Crippen LogP contribution is 2.34. The van der Waals surface area contributed by atoms with Gasteiger partial charge in [-0.2, -0.15) is 0 Å². The fourth-order valence-corrected chi connectivity index (χ4v) is 5.99. The molecule has 0 radical (unpaired) electrons. The summed E-state index contributed by atoms with van der Waals surface area (Å²) in [7, 11) is 1.57. The Morgan fingerprint density at radius 3 is 2.43 bits per heavy atom. The summed E-state index contributed by atoms with van der Waals surface area (Å²) in [6.07, 6.45) is 3.13. The van der Waals surface area contributed by atoms with E-state index >= 15 is 0 Å². The van der Waals surface area contributed by atoms with Gasteiger partial charge in [-0.3, -0.25) is 9.36 Å². The molecule has 9 nitrogen and oxygen atoms in total. The van der Waals surface area contributed by atoms with Crippen LogP contribution in [-0.4, -0.2) is 35.3 Å². The summed E-state index contributed by atoms with van der Waals surface area (Å²) in [4.78, 5) is 43.7. The van der Waals surface area contributed by atoms with E-state index < -0.39 is 18.0 Å². The SMILES string of the molecule is CCCC1=C(C(=O)OCC)[C@@H](c2cccc(OC)c2)n2c(s/c(=C/c3ccc(OCc4ccc(C(=O)O)cc4)cc3)c2=O)=N1. The normalized spacial score (nSPS) is 14.5. The van der Waals surface area contributed by atoms with Gasteiger partial charge in [0.1, 0.15) is 18.1 Å². The van der Waals surface area contributed by atoms with Crippen molar-refractivity contribution in [2.75, 3.05) is 13.7 Å². The zero-order chi connectivity index (χ0) is 31.2. The lowest BCUT2D eigenvalue weighted by molar-refractivity contribution is -0.139. The second-order valence-electron chi connectivity index (χ2n) is 10.0. The maximum atomic E-state index is 14.0. The van der Waals surface area contributed by atoms with E-state index in [-0.39, 0.29) is 24.3 Å². The molecule has 0 saturated heterocycles. The van der Waals surface area contributed by atoms with Crippen LogP contribution >= 0.6 is 11.3 Å². The topological polar surface area (TPSA) is 116 Å². The minimum atomic E-state index is -0.975. The van der Waals surface area contributed by atoms with E-state index in [1.165, 1.54) is 11.3 Å². The van der Waals surface area contributed by atoms with Crippen LogP contribution in [0.3, 0.4) is 0 Å². The van der Waals surface area contributed by atoms with Crippen LogP contribution in [0, 0.1) is 0 Å². The number of carbonyl (C=O) groups excluding carboxylic acids is 1. The Morgan fingerprint density at radius 2 is 1.77 bits per heavy atom. The maximum absolute atomic E-state index is 14.0. The van der Waals surface area contributed by atoms with E-state index in [1.807, 2.05) is 55.5 Å². The molecule has 44 heavy (non-hydrogen) atoms. The lowest BCUT2D eigenvalue weighted by Crippen LogP contribution is -2.40. The van der Waals surface area contributed by atoms with E-state index in [1.54, 1.807) is 48.9 Å². The summed E-state index contributed by atoms with van der Waals surface area (Å²) in [5, 5.41) is 9.07. The summed E-state index contributed by atoms with van der Waals surface area (Å²) in [6.45, 7) is 4.25. The molecule has 1 aliphatic heterocycles. The third kappa shape index (κ3) is 6.50. The van der Waals surface area contributed by atoms with Gasteiger partial charge in [0.25, 0.3) is 5.56 Å². The molecular formula is C34H32N2O7S. The third-order valence-electron chi connectivity index (χ3n) is 7.09. The number of benzene rings is 3. The largest absolute Gasteiger partial charge is 0.497 e. The molecule has 4 aromatic rings. The first kappa shape index (κ1) is 30.5. The van der Waals surface area contributed by atoms with Crippen molar-refractivity contribution in [3.63, 3.8) is 0 Å². The van der Waals surface area contributed by atoms with Crippen LogP contribution in [-0.2, 0) is 16.1 Å². The zero-order valence-corrected chi connectivity index (χ0v) is 25.4. The molecule has 1 aromatic heterocycles. The van der Waals surface area contributed by atoms with E-state index in [0.717, 1.165) is 23.1 Å². The molecule has 0 spiro atoms. The Bertz CT molecular complexity index is 1890. The lowest BCUT2D eigenvalue weighted by atomic mass is 9.94. The number of carboxylic acids is 1. The highest BCUT2D eigenvalue weighted by atomic mass is 32.1. The van der Waals surface area contributed by atoms with Gasteiger partial charge in [-0.1, -0.05) is 61.1 Å². The number of ether oxygens (including phenoxy) is 3. The number of aromatic carboxylic acids is 1. The van der Waals surface area contributed by atoms with Crippen molar-refractivity contribution >= 4 is 29.4 Å². The average Bonchev–Trinajstić information content (AvgIpc) is 3.34. The second kappa shape index (κ2) is 13.6. The van der Waals surface area contributed by atoms with Crippen molar-refractivity contribution < 1.29 is 28.9 Å². The van der Waals surface area contributed by atoms with Gasteiger partial charge in [0, 0.05) is 0 Å². The monoisotopic (exact) mass is 612 g/mol. The Hall–Kier alpha value is -4.96. The number of thiazole rings is 1. The number of methoxy groups -OCH3 is 1. The number of fused-ring (bicyclic) bond motifs is 1. The number of carbonyl (C=O) groups is 2. The number of carboxylic acid groups (broad SMARTS) is 1. The molecule has 1 aliphatic rings. The fraction of sp³-hybridized carbons (Fsp3) is 0.235. The van der Waals surface area contributed by atoms with Gasteiger partial charge in [0.15, 0.2) is 4.80 Å². The summed E-state index contributed by atoms with van der Waals surface area (Å²) in [5.41, 5.74) is 3.30. The molecule has 0 saturated carbocycles. The molecule has 3 aromatic carbocycles. The Kier molecular flexibility index (Phi) is 9.40. The number of allylic oxidation sites excluding steroid dienone is 1. The van der Waals surface area contributed by atoms with E-state index in [4.69, 9.17) is 24.3 Å². The van der Waals surface area contributed by atoms with Gasteiger partial charge < -0.3 is 19.3 Å². The van der Waals surface area contributed by atoms with Crippen molar-refractivity contribution in [3.05, 3.63) is 126 Å². The van der Waals surface area contributed by atoms with Gasteiger partial charge in [-0.25, -0.2) is 14.6 Å². The van der Waals surface area contributed by atoms with Crippen LogP contribution in [0.4, 0.5) is 0 Å². The summed E-state index contributed by atoms with van der Waals surface area (Å²) < 4.78 is 18.8. The zero-order valence-electron chi connectivity index (χ0n) is 24.6. The van der Waals surface area contributed by atoms with Crippen LogP contribution < -0.4 is 24.4 Å². The number of aromatic nitrogens is 1. The van der Waals surface area contributed by atoms with Crippen molar-refractivity contribution in [1.29, 1.82) is 0 Å². The number of esters is 1. The molecule has 2 heterocycles. The average molecular weight is 613 g/mol. The number of nitrogens with zero attached hydrogens (tertiary/aromatic N) is 2. The van der Waals surface area contributed by atoms with Crippen LogP contribution in [0.5, 0.6) is 11.5 Å². The van der Waals surface area contributed by atoms with Crippen LogP contribution in [0.1, 0.15) is 59.8 Å². The van der Waals surface area contributed by atoms with Crippen molar-refractivity contribution in [1.82, 2.24) is 4.57 Å². The van der Waals surface area contributed by atoms with Gasteiger partial charge in [0.2, 0.25) is 0 Å². The van der Waals surface area contributed by atoms with E-state index in [9.17, 15) is 14.4 Å². The standard InChI is InChI=1S/C34H32N2O7S/c1-4-7-27-29(33(40)42-5-2)30(24-8-6-9-26(19-24)41-3)36-31(37)28(44-34(36)35-27)18-21-12-16-25(17-13-21)43-20-22-10-14-23(15-11-22)32(38)39/h6,8-19,30H,4-5,7,20H2,1-3H3,(H,38,39)/b28-18+/t30-/m1/s1. The lowest BCUT2D eigenvalue weighted by Gasteiger charge is -2.26. The van der Waals surface area contributed by atoms with E-state index in [0.29, 0.717) is 38.5 Å². The van der Waals surface area contributed by atoms with Crippen LogP contribution in [0.15, 0.2) is 93.9 Å². The maximum Gasteiger partial charge on any atom is 0.338 e. The third-order valence-corrected chi connectivity index (χ3v) is 8.07. The molecule has 5 rings (SSSR count). The molecule has 0 aliphatic carbocycles. The van der Waals surface area contributed by atoms with Crippen LogP contribution in [0.2, 0.25) is 0 Å². The summed E-state index contributed by atoms with van der Waals surface area (Å²) in [5.74, 6) is -0.221. The van der Waals surface area contributed by atoms with Crippen molar-refractivity contribution in [3.8, 4) is 11.5 Å². The van der Waals surface area contributed by atoms with Crippen molar-refractivity contribution in [2.45, 2.75) is 39.3 Å². The first-order valence-electron chi connectivity index (χ1n) is 14.2. The predicted octanol–water partition coefficient (Wildman–Crippen LogP) is 4.86. The first-order chi connectivity index (χ1) is 21.3. The second-order valence-corrected chi connectivity index (χ2v) is 11.1. The molecule has 1 atom stereocenters. The number of hydrogen-bond acceptors (Lipinski definition) is 8. The van der Waals surface area contributed by atoms with Crippen molar-refractivity contribution in [2.24, 2.45) is 4.99 Å². The van der Waals surface area contributed by atoms with E-state index in [2.05, 4.69) is 0 Å². The molecule has 10 heteroatoms. The number of hydrogen-bond donors (Lipinski definition) is 1. The van der Waals surface area contributed by atoms with Gasteiger partial charge >= 0.3 is 11.9 Å². The molecule has 1 N–H and O–H groups in total.